The van der Waals surface area contributed by atoms with Gasteiger partial charge in [-0.15, -0.1) is 5.10 Å². The van der Waals surface area contributed by atoms with E-state index in [1.54, 1.807) is 58.2 Å². The molecular formula is C31H39FN8O6S. The van der Waals surface area contributed by atoms with Crippen molar-refractivity contribution in [1.29, 1.82) is 5.41 Å². The number of hydrogen-bond acceptors (Lipinski definition) is 13. The van der Waals surface area contributed by atoms with Crippen molar-refractivity contribution in [2.75, 3.05) is 52.0 Å². The van der Waals surface area contributed by atoms with Gasteiger partial charge in [-0.25, -0.2) is 22.8 Å². The fourth-order valence-electron chi connectivity index (χ4n) is 5.29. The molecule has 0 bridgehead atoms. The van der Waals surface area contributed by atoms with Gasteiger partial charge >= 0.3 is 0 Å². The van der Waals surface area contributed by atoms with Crippen molar-refractivity contribution in [2.45, 2.75) is 38.2 Å². The Labute approximate surface area is 272 Å². The molecule has 1 atom stereocenters. The number of halogens is 1. The number of anilines is 1. The van der Waals surface area contributed by atoms with Crippen molar-refractivity contribution < 1.29 is 32.1 Å². The normalized spacial score (nSPS) is 16.7. The van der Waals surface area contributed by atoms with Crippen molar-refractivity contribution in [3.05, 3.63) is 59.4 Å². The molecule has 1 unspecified atom stereocenters. The molecule has 0 aliphatic carbocycles. The molecule has 1 fully saturated rings. The van der Waals surface area contributed by atoms with E-state index in [0.717, 1.165) is 5.56 Å². The maximum Gasteiger partial charge on any atom is 0.226 e. The molecular weight excluding hydrogens is 631 g/mol. The molecule has 47 heavy (non-hydrogen) atoms. The second-order valence-corrected chi connectivity index (χ2v) is 14.1. The zero-order valence-corrected chi connectivity index (χ0v) is 27.9. The van der Waals surface area contributed by atoms with Crippen molar-refractivity contribution in [1.82, 2.24) is 29.8 Å². The Morgan fingerprint density at radius 1 is 1.15 bits per heavy atom. The zero-order valence-electron chi connectivity index (χ0n) is 27.1. The topological polar surface area (TPSA) is 176 Å². The summed E-state index contributed by atoms with van der Waals surface area (Å²) in [6.07, 6.45) is 1.61. The largest absolute Gasteiger partial charge is 0.497 e. The van der Waals surface area contributed by atoms with Crippen molar-refractivity contribution in [2.24, 2.45) is 0 Å². The highest BCUT2D eigenvalue weighted by Gasteiger charge is 2.38. The van der Waals surface area contributed by atoms with Gasteiger partial charge in [0.1, 0.15) is 16.7 Å². The number of sulfone groups is 1. The van der Waals surface area contributed by atoms with Crippen LogP contribution in [-0.2, 0) is 16.4 Å². The van der Waals surface area contributed by atoms with Crippen LogP contribution in [0.2, 0.25) is 0 Å². The van der Waals surface area contributed by atoms with E-state index >= 15 is 0 Å². The van der Waals surface area contributed by atoms with Gasteiger partial charge in [0, 0.05) is 55.5 Å². The fraction of sp³-hybridized carbons (Fsp3) is 0.419. The number of aromatic nitrogens is 4. The van der Waals surface area contributed by atoms with E-state index in [2.05, 4.69) is 25.7 Å². The van der Waals surface area contributed by atoms with Crippen LogP contribution >= 0.6 is 0 Å². The van der Waals surface area contributed by atoms with E-state index in [-0.39, 0.29) is 60.8 Å². The molecule has 2 aromatic heterocycles. The van der Waals surface area contributed by atoms with Crippen LogP contribution in [0.3, 0.4) is 0 Å². The first-order chi connectivity index (χ1) is 22.2. The molecule has 3 heterocycles. The van der Waals surface area contributed by atoms with E-state index in [4.69, 9.17) is 19.6 Å². The Bertz CT molecular complexity index is 1960. The number of ether oxygens (including phenoxy) is 3. The third kappa shape index (κ3) is 7.17. The Morgan fingerprint density at radius 3 is 2.55 bits per heavy atom. The van der Waals surface area contributed by atoms with Crippen LogP contribution in [-0.4, -0.2) is 96.0 Å². The Hall–Kier alpha value is -4.70. The van der Waals surface area contributed by atoms with Gasteiger partial charge in [-0.1, -0.05) is 0 Å². The van der Waals surface area contributed by atoms with Crippen molar-refractivity contribution in [3.63, 3.8) is 0 Å². The van der Waals surface area contributed by atoms with Gasteiger partial charge < -0.3 is 40.3 Å². The quantitative estimate of drug-likeness (QED) is 0.162. The second kappa shape index (κ2) is 13.2. The Kier molecular flexibility index (Phi) is 9.45. The highest BCUT2D eigenvalue weighted by atomic mass is 32.2. The lowest BCUT2D eigenvalue weighted by atomic mass is 10.1. The minimum atomic E-state index is -3.72. The number of methoxy groups -OCH3 is 3. The van der Waals surface area contributed by atoms with Crippen LogP contribution in [0.5, 0.6) is 17.2 Å². The van der Waals surface area contributed by atoms with E-state index in [9.17, 15) is 17.9 Å². The molecule has 4 N–H and O–H groups in total. The lowest BCUT2D eigenvalue weighted by molar-refractivity contribution is 0.0834. The van der Waals surface area contributed by atoms with Crippen LogP contribution in [0.15, 0.2) is 42.2 Å². The maximum absolute atomic E-state index is 14.9. The van der Waals surface area contributed by atoms with Gasteiger partial charge in [0.05, 0.1) is 49.6 Å². The van der Waals surface area contributed by atoms with Crippen molar-refractivity contribution in [3.8, 4) is 17.2 Å². The molecule has 0 amide bonds. The number of benzene rings is 2. The minimum absolute atomic E-state index is 0.0109. The van der Waals surface area contributed by atoms with Gasteiger partial charge in [0.25, 0.3) is 0 Å². The summed E-state index contributed by atoms with van der Waals surface area (Å²) in [6.45, 7) is 5.52. The molecule has 1 saturated heterocycles. The number of aliphatic hydroxyl groups is 1. The summed E-state index contributed by atoms with van der Waals surface area (Å²) < 4.78 is 59.3. The molecule has 5 rings (SSSR count). The molecule has 1 aliphatic heterocycles. The standard InChI is InChI=1S/C31H39FN8O6S/c1-18(33)24(15-34-17-31(2,3)41)39-9-10-47(42,43)27(16-39)28-37-29-21-12-22(32)26(46-6)13-23(21)36-30(40(29)38-28)35-14-19-7-8-20(44-4)11-25(19)45-5/h7-8,11-13,15,27,33-34,41H,9-10,14,16-17H2,1-6H3,(H,35,36)/b24-15+,33-18?. The van der Waals surface area contributed by atoms with Crippen LogP contribution in [0.25, 0.3) is 16.6 Å². The lowest BCUT2D eigenvalue weighted by Crippen LogP contribution is -2.44. The first kappa shape index (κ1) is 33.7. The Balaban J connectivity index is 1.57. The average Bonchev–Trinajstić information content (AvgIpc) is 3.47. The summed E-state index contributed by atoms with van der Waals surface area (Å²) in [5.74, 6) is 0.596. The summed E-state index contributed by atoms with van der Waals surface area (Å²) >= 11 is 0. The monoisotopic (exact) mass is 670 g/mol. The predicted molar refractivity (Wildman–Crippen MR) is 176 cm³/mol. The maximum atomic E-state index is 14.9. The summed E-state index contributed by atoms with van der Waals surface area (Å²) in [7, 11) is 0.746. The summed E-state index contributed by atoms with van der Waals surface area (Å²) in [6, 6.07) is 8.06. The number of nitrogens with one attached hydrogen (secondary N) is 3. The van der Waals surface area contributed by atoms with Gasteiger partial charge in [-0.3, -0.25) is 0 Å². The molecule has 0 spiro atoms. The third-order valence-corrected chi connectivity index (χ3v) is 9.72. The van der Waals surface area contributed by atoms with E-state index in [0.29, 0.717) is 28.1 Å². The molecule has 2 aromatic carbocycles. The van der Waals surface area contributed by atoms with Gasteiger partial charge in [-0.05, 0) is 39.0 Å². The molecule has 4 aromatic rings. The van der Waals surface area contributed by atoms with Crippen LogP contribution in [0.4, 0.5) is 10.3 Å². The zero-order chi connectivity index (χ0) is 34.1. The smallest absolute Gasteiger partial charge is 0.226 e. The number of allylic oxidation sites excluding steroid dienone is 1. The highest BCUT2D eigenvalue weighted by Crippen LogP contribution is 2.33. The van der Waals surface area contributed by atoms with E-state index in [1.807, 2.05) is 6.07 Å². The minimum Gasteiger partial charge on any atom is -0.497 e. The summed E-state index contributed by atoms with van der Waals surface area (Å²) in [5.41, 5.74) is 1.05. The van der Waals surface area contributed by atoms with Gasteiger partial charge in [0.15, 0.2) is 32.9 Å². The second-order valence-electron chi connectivity index (χ2n) is 11.8. The predicted octanol–water partition coefficient (Wildman–Crippen LogP) is 3.07. The SMILES string of the molecule is COc1ccc(CNc2nc3cc(OC)c(F)cc3c3nc(C4CN(/C(=C/NCC(C)(C)O)C(C)=N)CCS4(=O)=O)nn23)c(OC)c1. The highest BCUT2D eigenvalue weighted by molar-refractivity contribution is 7.91. The molecule has 16 heteroatoms. The first-order valence-corrected chi connectivity index (χ1v) is 16.5. The third-order valence-electron chi connectivity index (χ3n) is 7.74. The molecule has 14 nitrogen and oxygen atoms in total. The van der Waals surface area contributed by atoms with Crippen molar-refractivity contribution >= 4 is 38.0 Å². The summed E-state index contributed by atoms with van der Waals surface area (Å²) in [4.78, 5) is 11.1. The molecule has 1 aliphatic rings. The van der Waals surface area contributed by atoms with E-state index < -0.39 is 26.5 Å². The average molecular weight is 671 g/mol. The molecule has 0 saturated carbocycles. The Morgan fingerprint density at radius 2 is 1.89 bits per heavy atom. The number of rotatable bonds is 12. The number of fused-ring (bicyclic) bond motifs is 3. The van der Waals surface area contributed by atoms with Crippen LogP contribution in [0.1, 0.15) is 37.4 Å². The molecule has 252 valence electrons. The van der Waals surface area contributed by atoms with Crippen LogP contribution < -0.4 is 24.8 Å². The van der Waals surface area contributed by atoms with Gasteiger partial charge in [-0.2, -0.15) is 4.52 Å². The van der Waals surface area contributed by atoms with E-state index in [1.165, 1.54) is 23.8 Å². The first-order valence-electron chi connectivity index (χ1n) is 14.8. The number of hydrogen-bond donors (Lipinski definition) is 4. The van der Waals surface area contributed by atoms with Crippen LogP contribution in [0, 0.1) is 11.2 Å². The number of nitrogens with zero attached hydrogens (tertiary/aromatic N) is 5. The summed E-state index contributed by atoms with van der Waals surface area (Å²) in [5, 5.41) is 28.5. The van der Waals surface area contributed by atoms with Gasteiger partial charge in [0.2, 0.25) is 5.95 Å². The lowest BCUT2D eigenvalue weighted by Gasteiger charge is -2.34. The fourth-order valence-corrected chi connectivity index (χ4v) is 6.87. The molecule has 0 radical (unpaired) electrons.